The number of alkyl carbamates (subject to hydrolysis) is 2. The van der Waals surface area contributed by atoms with Crippen LogP contribution < -0.4 is 10.6 Å². The average Bonchev–Trinajstić information content (AvgIpc) is 4.14. The van der Waals surface area contributed by atoms with Crippen LogP contribution in [0.1, 0.15) is 114 Å². The Kier molecular flexibility index (Phi) is 13.1. The smallest absolute Gasteiger partial charge is 0.408 e. The van der Waals surface area contributed by atoms with E-state index in [0.717, 1.165) is 59.5 Å². The van der Waals surface area contributed by atoms with Crippen LogP contribution in [0.3, 0.4) is 0 Å². The van der Waals surface area contributed by atoms with Gasteiger partial charge < -0.3 is 39.9 Å². The Morgan fingerprint density at radius 3 is 1.41 bits per heavy atom. The zero-order valence-electron chi connectivity index (χ0n) is 38.2. The number of amides is 4. The third-order valence-corrected chi connectivity index (χ3v) is 11.5. The third kappa shape index (κ3) is 10.6. The predicted molar refractivity (Wildman–Crippen MR) is 249 cm³/mol. The van der Waals surface area contributed by atoms with Gasteiger partial charge in [0.15, 0.2) is 0 Å². The van der Waals surface area contributed by atoms with Gasteiger partial charge in [-0.2, -0.15) is 0 Å². The lowest BCUT2D eigenvalue weighted by molar-refractivity contribution is -0.135. The second kappa shape index (κ2) is 19.0. The molecule has 4 amide bonds. The molecule has 342 valence electrons. The first-order valence-corrected chi connectivity index (χ1v) is 22.5. The fourth-order valence-corrected chi connectivity index (χ4v) is 8.53. The van der Waals surface area contributed by atoms with Gasteiger partial charge in [0.2, 0.25) is 0 Å². The van der Waals surface area contributed by atoms with Crippen molar-refractivity contribution in [3.63, 3.8) is 0 Å². The van der Waals surface area contributed by atoms with E-state index < -0.39 is 35.5 Å². The molecule has 2 aliphatic heterocycles. The van der Waals surface area contributed by atoms with Gasteiger partial charge in [0.05, 0.1) is 41.6 Å². The van der Waals surface area contributed by atoms with Gasteiger partial charge in [-0.05, 0) is 96.0 Å². The normalized spacial score (nSPS) is 17.2. The number of hydrogen-bond donors (Lipinski definition) is 4. The number of imidazole rings is 2. The number of likely N-dealkylation sites (tertiary alicyclic amines) is 2. The molecule has 0 bridgehead atoms. The molecule has 0 aliphatic carbocycles. The molecule has 3 aromatic carbocycles. The quantitative estimate of drug-likeness (QED) is 0.0983. The number of pyridine rings is 1. The Labute approximate surface area is 384 Å². The highest BCUT2D eigenvalue weighted by atomic mass is 16.6. The van der Waals surface area contributed by atoms with Gasteiger partial charge in [-0.3, -0.25) is 14.6 Å². The number of aromatic amines is 2. The number of benzene rings is 3. The van der Waals surface area contributed by atoms with Crippen LogP contribution in [0.2, 0.25) is 0 Å². The lowest BCUT2D eigenvalue weighted by Gasteiger charge is -2.29. The zero-order valence-corrected chi connectivity index (χ0v) is 38.2. The molecule has 2 fully saturated rings. The molecule has 2 aliphatic rings. The van der Waals surface area contributed by atoms with Crippen LogP contribution >= 0.6 is 0 Å². The Balaban J connectivity index is 0.922. The number of hydrogen-bond acceptors (Lipinski definition) is 9. The Hall–Kier alpha value is -7.29. The van der Waals surface area contributed by atoms with E-state index in [0.29, 0.717) is 35.9 Å². The fraction of sp³-hybridized carbons (Fsp3) is 0.353. The van der Waals surface area contributed by atoms with Crippen LogP contribution in [0.4, 0.5) is 9.59 Å². The third-order valence-electron chi connectivity index (χ3n) is 11.5. The van der Waals surface area contributed by atoms with Gasteiger partial charge in [-0.1, -0.05) is 84.9 Å². The number of ether oxygens (including phenoxy) is 2. The highest BCUT2D eigenvalue weighted by molar-refractivity contribution is 5.88. The molecular weight excluding hydrogens is 835 g/mol. The summed E-state index contributed by atoms with van der Waals surface area (Å²) in [7, 11) is 0. The number of nitrogens with one attached hydrogen (secondary N) is 4. The van der Waals surface area contributed by atoms with Crippen molar-refractivity contribution in [1.29, 1.82) is 0 Å². The van der Waals surface area contributed by atoms with Crippen molar-refractivity contribution in [2.75, 3.05) is 13.1 Å². The van der Waals surface area contributed by atoms with Crippen molar-refractivity contribution in [2.24, 2.45) is 0 Å². The summed E-state index contributed by atoms with van der Waals surface area (Å²) < 4.78 is 11.0. The lowest BCUT2D eigenvalue weighted by atomic mass is 10.0. The number of rotatable bonds is 11. The molecule has 15 heteroatoms. The van der Waals surface area contributed by atoms with Gasteiger partial charge in [0, 0.05) is 30.4 Å². The molecule has 8 rings (SSSR count). The molecule has 15 nitrogen and oxygen atoms in total. The van der Waals surface area contributed by atoms with Crippen molar-refractivity contribution in [1.82, 2.24) is 45.4 Å². The molecule has 6 aromatic rings. The van der Waals surface area contributed by atoms with E-state index in [4.69, 9.17) is 24.4 Å². The van der Waals surface area contributed by atoms with E-state index in [9.17, 15) is 19.2 Å². The molecule has 2 saturated heterocycles. The summed E-state index contributed by atoms with van der Waals surface area (Å²) in [6.45, 7) is 11.8. The minimum atomic E-state index is -0.921. The highest BCUT2D eigenvalue weighted by Gasteiger charge is 2.39. The second-order valence-electron chi connectivity index (χ2n) is 18.7. The summed E-state index contributed by atoms with van der Waals surface area (Å²) in [6.07, 6.45) is 7.08. The molecular formula is C51H57N9O6. The summed E-state index contributed by atoms with van der Waals surface area (Å²) >= 11 is 0. The summed E-state index contributed by atoms with van der Waals surface area (Å²) in [6, 6.07) is 28.0. The lowest BCUT2D eigenvalue weighted by Crippen LogP contribution is -2.44. The van der Waals surface area contributed by atoms with Crippen LogP contribution in [0, 0.1) is 0 Å². The van der Waals surface area contributed by atoms with Gasteiger partial charge in [0.25, 0.3) is 11.8 Å². The van der Waals surface area contributed by atoms with Crippen LogP contribution in [0.25, 0.3) is 33.8 Å². The molecule has 4 N–H and O–H groups in total. The SMILES string of the molecule is CC(C)(C)OC(=O)N[C@H](C(=O)N1CCC[C@H]1c1ncc(-c2ccc(-c3ccc(-c4cnc([C@@H]5CCCN5C(=O)[C@H](NC(=O)OC(C)(C)C)c5ccccc5)[nH]4)cn3)cc2)[nH]1)c1ccccc1. The Morgan fingerprint density at radius 2 is 0.985 bits per heavy atom. The monoisotopic (exact) mass is 891 g/mol. The van der Waals surface area contributed by atoms with Crippen molar-refractivity contribution >= 4 is 24.0 Å². The van der Waals surface area contributed by atoms with Gasteiger partial charge in [-0.15, -0.1) is 0 Å². The maximum absolute atomic E-state index is 14.2. The maximum atomic E-state index is 14.2. The fourth-order valence-electron chi connectivity index (χ4n) is 8.53. The van der Waals surface area contributed by atoms with Crippen molar-refractivity contribution in [2.45, 2.75) is 103 Å². The molecule has 0 unspecified atom stereocenters. The zero-order chi connectivity index (χ0) is 46.6. The number of carbonyl (C=O) groups is 4. The largest absolute Gasteiger partial charge is 0.444 e. The minimum Gasteiger partial charge on any atom is -0.444 e. The molecule has 0 radical (unpaired) electrons. The molecule has 3 aromatic heterocycles. The molecule has 4 atom stereocenters. The van der Waals surface area contributed by atoms with Crippen LogP contribution in [0.15, 0.2) is 116 Å². The number of H-pyrrole nitrogens is 2. The first-order chi connectivity index (χ1) is 31.6. The van der Waals surface area contributed by atoms with Gasteiger partial charge >= 0.3 is 12.2 Å². The number of carbonyl (C=O) groups excluding carboxylic acids is 4. The van der Waals surface area contributed by atoms with E-state index in [1.165, 1.54) is 0 Å². The van der Waals surface area contributed by atoms with Crippen LogP contribution in [-0.4, -0.2) is 83.0 Å². The first-order valence-electron chi connectivity index (χ1n) is 22.5. The number of aromatic nitrogens is 5. The van der Waals surface area contributed by atoms with Crippen molar-refractivity contribution in [3.8, 4) is 33.8 Å². The summed E-state index contributed by atoms with van der Waals surface area (Å²) in [5.41, 5.74) is 5.00. The average molecular weight is 892 g/mol. The van der Waals surface area contributed by atoms with Crippen LogP contribution in [0.5, 0.6) is 0 Å². The maximum Gasteiger partial charge on any atom is 0.408 e. The van der Waals surface area contributed by atoms with E-state index in [1.54, 1.807) is 69.9 Å². The van der Waals surface area contributed by atoms with E-state index in [2.05, 4.69) is 20.6 Å². The van der Waals surface area contributed by atoms with E-state index >= 15 is 0 Å². The van der Waals surface area contributed by atoms with E-state index in [1.807, 2.05) is 97.1 Å². The highest BCUT2D eigenvalue weighted by Crippen LogP contribution is 2.36. The minimum absolute atomic E-state index is 0.223. The predicted octanol–water partition coefficient (Wildman–Crippen LogP) is 9.39. The first kappa shape index (κ1) is 45.3. The van der Waals surface area contributed by atoms with Crippen LogP contribution in [-0.2, 0) is 19.1 Å². The Bertz CT molecular complexity index is 2450. The molecule has 0 saturated carbocycles. The Morgan fingerprint density at radius 1 is 0.561 bits per heavy atom. The van der Waals surface area contributed by atoms with Gasteiger partial charge in [0.1, 0.15) is 34.9 Å². The standard InChI is InChI=1S/C51H57N9O6/c1-50(2,3)65-48(63)57-42(34-15-9-7-10-16-34)46(61)59-27-13-19-40(59)44-53-30-38(55-44)33-23-21-32(22-24-33)37-26-25-36(29-52-37)39-31-54-45(56-39)41-20-14-28-60(41)47(62)43(35-17-11-8-12-18-35)58-49(64)66-51(4,5)6/h7-12,15-18,21-26,29-31,40-43H,13-14,19-20,27-28H2,1-6H3,(H,53,55)(H,54,56)(H,57,63)(H,58,64)/t40-,41-,42-,43+/m0/s1. The van der Waals surface area contributed by atoms with E-state index in [-0.39, 0.29) is 23.9 Å². The summed E-state index contributed by atoms with van der Waals surface area (Å²) in [5.74, 6) is 0.898. The second-order valence-corrected chi connectivity index (χ2v) is 18.7. The summed E-state index contributed by atoms with van der Waals surface area (Å²) in [4.78, 5) is 78.8. The van der Waals surface area contributed by atoms with Crippen molar-refractivity contribution in [3.05, 3.63) is 138 Å². The molecule has 66 heavy (non-hydrogen) atoms. The topological polar surface area (TPSA) is 188 Å². The molecule has 0 spiro atoms. The molecule has 5 heterocycles. The summed E-state index contributed by atoms with van der Waals surface area (Å²) in [5, 5.41) is 5.63. The van der Waals surface area contributed by atoms with Crippen molar-refractivity contribution < 1.29 is 28.7 Å². The van der Waals surface area contributed by atoms with Gasteiger partial charge in [-0.25, -0.2) is 19.6 Å². The number of nitrogens with zero attached hydrogens (tertiary/aromatic N) is 5.